The highest BCUT2D eigenvalue weighted by Gasteiger charge is 2.25. The summed E-state index contributed by atoms with van der Waals surface area (Å²) >= 11 is 0. The van der Waals surface area contributed by atoms with Crippen molar-refractivity contribution in [3.05, 3.63) is 0 Å². The van der Waals surface area contributed by atoms with Crippen LogP contribution in [0.25, 0.3) is 0 Å². The van der Waals surface area contributed by atoms with Crippen LogP contribution in [0.15, 0.2) is 0 Å². The summed E-state index contributed by atoms with van der Waals surface area (Å²) in [6.07, 6.45) is 0. The van der Waals surface area contributed by atoms with Crippen LogP contribution in [0, 0.1) is 0 Å². The quantitative estimate of drug-likeness (QED) is 0.750. The van der Waals surface area contributed by atoms with Gasteiger partial charge in [0.15, 0.2) is 0 Å². The first-order valence-electron chi connectivity index (χ1n) is 7.48. The number of piperazine rings is 1. The predicted molar refractivity (Wildman–Crippen MR) is 86.7 cm³/mol. The molecule has 2 amide bonds. The van der Waals surface area contributed by atoms with Crippen LogP contribution in [0.3, 0.4) is 0 Å². The molecule has 0 aromatic heterocycles. The minimum Gasteiger partial charge on any atom is -0.342 e. The Morgan fingerprint density at radius 3 is 2.19 bits per heavy atom. The average Bonchev–Trinajstić information content (AvgIpc) is 2.48. The number of amides is 2. The molecule has 1 N–H and O–H groups in total. The highest BCUT2D eigenvalue weighted by Crippen LogP contribution is 2.04. The first-order chi connectivity index (χ1) is 9.51. The lowest BCUT2D eigenvalue weighted by Crippen LogP contribution is -2.52. The third-order valence-electron chi connectivity index (χ3n) is 3.95. The van der Waals surface area contributed by atoms with Gasteiger partial charge in [-0.15, -0.1) is 12.4 Å². The zero-order valence-electron chi connectivity index (χ0n) is 13.6. The van der Waals surface area contributed by atoms with Crippen molar-refractivity contribution in [2.75, 3.05) is 52.9 Å². The number of hydrogen-bond donors (Lipinski definition) is 1. The van der Waals surface area contributed by atoms with E-state index in [1.54, 1.807) is 4.90 Å². The van der Waals surface area contributed by atoms with Gasteiger partial charge in [0.2, 0.25) is 11.8 Å². The van der Waals surface area contributed by atoms with Gasteiger partial charge in [0, 0.05) is 39.3 Å². The lowest BCUT2D eigenvalue weighted by molar-refractivity contribution is -0.138. The number of carbonyl (C=O) groups is 2. The van der Waals surface area contributed by atoms with Crippen LogP contribution in [0.4, 0.5) is 0 Å². The van der Waals surface area contributed by atoms with Crippen LogP contribution < -0.4 is 5.32 Å². The molecular formula is C14H29ClN4O2. The molecule has 1 aliphatic heterocycles. The highest BCUT2D eigenvalue weighted by molar-refractivity contribution is 5.85. The minimum atomic E-state index is -0.262. The standard InChI is InChI=1S/C14H28N4O2.ClH/c1-5-17(6-2)14(20)12(3)16(4)11-13(19)18-9-7-15-8-10-18;/h12,15H,5-11H2,1-4H3;1H. The first kappa shape index (κ1) is 20.1. The van der Waals surface area contributed by atoms with Gasteiger partial charge in [-0.05, 0) is 27.8 Å². The zero-order chi connectivity index (χ0) is 15.1. The van der Waals surface area contributed by atoms with Gasteiger partial charge in [0.05, 0.1) is 12.6 Å². The van der Waals surface area contributed by atoms with E-state index < -0.39 is 0 Å². The van der Waals surface area contributed by atoms with E-state index in [2.05, 4.69) is 5.32 Å². The van der Waals surface area contributed by atoms with Crippen molar-refractivity contribution in [3.63, 3.8) is 0 Å². The second kappa shape index (κ2) is 9.97. The Balaban J connectivity index is 0.00000400. The number of likely N-dealkylation sites (N-methyl/N-ethyl adjacent to an activating group) is 2. The van der Waals surface area contributed by atoms with Crippen LogP contribution in [-0.4, -0.2) is 85.4 Å². The smallest absolute Gasteiger partial charge is 0.239 e. The third-order valence-corrected chi connectivity index (χ3v) is 3.95. The normalized spacial score (nSPS) is 16.3. The van der Waals surface area contributed by atoms with Crippen molar-refractivity contribution < 1.29 is 9.59 Å². The molecule has 0 saturated carbocycles. The SMILES string of the molecule is CCN(CC)C(=O)C(C)N(C)CC(=O)N1CCNCC1.Cl. The van der Waals surface area contributed by atoms with Gasteiger partial charge in [0.1, 0.15) is 0 Å². The fraction of sp³-hybridized carbons (Fsp3) is 0.857. The Labute approximate surface area is 134 Å². The van der Waals surface area contributed by atoms with Crippen molar-refractivity contribution >= 4 is 24.2 Å². The summed E-state index contributed by atoms with van der Waals surface area (Å²) in [5.74, 6) is 0.193. The molecule has 0 aromatic carbocycles. The number of hydrogen-bond acceptors (Lipinski definition) is 4. The van der Waals surface area contributed by atoms with Gasteiger partial charge in [-0.1, -0.05) is 0 Å². The Kier molecular flexibility index (Phi) is 9.57. The van der Waals surface area contributed by atoms with Crippen LogP contribution in [0.5, 0.6) is 0 Å². The Hall–Kier alpha value is -0.850. The lowest BCUT2D eigenvalue weighted by atomic mass is 10.2. The summed E-state index contributed by atoms with van der Waals surface area (Å²) in [6, 6.07) is -0.262. The molecule has 1 saturated heterocycles. The number of rotatable bonds is 6. The van der Waals surface area contributed by atoms with E-state index >= 15 is 0 Å². The average molecular weight is 321 g/mol. The van der Waals surface area contributed by atoms with Crippen molar-refractivity contribution in [2.24, 2.45) is 0 Å². The molecule has 0 aromatic rings. The Bertz CT molecular complexity index is 331. The molecule has 1 atom stereocenters. The topological polar surface area (TPSA) is 55.9 Å². The summed E-state index contributed by atoms with van der Waals surface area (Å²) in [5, 5.41) is 3.23. The summed E-state index contributed by atoms with van der Waals surface area (Å²) in [6.45, 7) is 10.7. The molecule has 124 valence electrons. The van der Waals surface area contributed by atoms with E-state index in [9.17, 15) is 9.59 Å². The molecule has 0 spiro atoms. The molecule has 1 unspecified atom stereocenters. The van der Waals surface area contributed by atoms with E-state index in [0.29, 0.717) is 19.6 Å². The summed E-state index contributed by atoms with van der Waals surface area (Å²) in [4.78, 5) is 29.9. The lowest BCUT2D eigenvalue weighted by Gasteiger charge is -2.32. The summed E-state index contributed by atoms with van der Waals surface area (Å²) < 4.78 is 0. The third kappa shape index (κ3) is 5.80. The fourth-order valence-corrected chi connectivity index (χ4v) is 2.35. The number of carbonyl (C=O) groups excluding carboxylic acids is 2. The Morgan fingerprint density at radius 1 is 1.19 bits per heavy atom. The molecule has 1 heterocycles. The highest BCUT2D eigenvalue weighted by atomic mass is 35.5. The van der Waals surface area contributed by atoms with E-state index in [-0.39, 0.29) is 30.3 Å². The van der Waals surface area contributed by atoms with Gasteiger partial charge in [-0.25, -0.2) is 0 Å². The zero-order valence-corrected chi connectivity index (χ0v) is 14.4. The van der Waals surface area contributed by atoms with Gasteiger partial charge >= 0.3 is 0 Å². The second-order valence-corrected chi connectivity index (χ2v) is 5.23. The molecule has 1 rings (SSSR count). The maximum Gasteiger partial charge on any atom is 0.239 e. The fourth-order valence-electron chi connectivity index (χ4n) is 2.35. The Morgan fingerprint density at radius 2 is 1.71 bits per heavy atom. The van der Waals surface area contributed by atoms with Crippen LogP contribution >= 0.6 is 12.4 Å². The maximum absolute atomic E-state index is 12.3. The summed E-state index contributed by atoms with van der Waals surface area (Å²) in [5.41, 5.74) is 0. The van der Waals surface area contributed by atoms with Crippen molar-refractivity contribution in [2.45, 2.75) is 26.8 Å². The molecule has 1 aliphatic rings. The van der Waals surface area contributed by atoms with Gasteiger partial charge < -0.3 is 15.1 Å². The molecule has 0 radical (unpaired) electrons. The van der Waals surface area contributed by atoms with E-state index in [1.165, 1.54) is 0 Å². The van der Waals surface area contributed by atoms with E-state index in [1.807, 2.05) is 37.6 Å². The van der Waals surface area contributed by atoms with Gasteiger partial charge in [0.25, 0.3) is 0 Å². The molecule has 6 nitrogen and oxygen atoms in total. The van der Waals surface area contributed by atoms with E-state index in [0.717, 1.165) is 26.2 Å². The van der Waals surface area contributed by atoms with Crippen molar-refractivity contribution in [3.8, 4) is 0 Å². The van der Waals surface area contributed by atoms with Crippen LogP contribution in [0.2, 0.25) is 0 Å². The van der Waals surface area contributed by atoms with Gasteiger partial charge in [-0.2, -0.15) is 0 Å². The van der Waals surface area contributed by atoms with Crippen molar-refractivity contribution in [1.29, 1.82) is 0 Å². The molecule has 1 fully saturated rings. The molecule has 7 heteroatoms. The van der Waals surface area contributed by atoms with Crippen molar-refractivity contribution in [1.82, 2.24) is 20.0 Å². The number of nitrogens with one attached hydrogen (secondary N) is 1. The monoisotopic (exact) mass is 320 g/mol. The van der Waals surface area contributed by atoms with Crippen LogP contribution in [0.1, 0.15) is 20.8 Å². The largest absolute Gasteiger partial charge is 0.342 e. The maximum atomic E-state index is 12.3. The predicted octanol–water partition coefficient (Wildman–Crippen LogP) is 0.0287. The molecular weight excluding hydrogens is 292 g/mol. The van der Waals surface area contributed by atoms with Gasteiger partial charge in [-0.3, -0.25) is 14.5 Å². The molecule has 0 bridgehead atoms. The first-order valence-corrected chi connectivity index (χ1v) is 7.48. The van der Waals surface area contributed by atoms with E-state index in [4.69, 9.17) is 0 Å². The second-order valence-electron chi connectivity index (χ2n) is 5.23. The number of halogens is 1. The molecule has 0 aliphatic carbocycles. The number of nitrogens with zero attached hydrogens (tertiary/aromatic N) is 3. The summed E-state index contributed by atoms with van der Waals surface area (Å²) in [7, 11) is 1.84. The van der Waals surface area contributed by atoms with Crippen LogP contribution in [-0.2, 0) is 9.59 Å². The minimum absolute atomic E-state index is 0. The molecule has 21 heavy (non-hydrogen) atoms.